The van der Waals surface area contributed by atoms with Crippen LogP contribution < -0.4 is 0 Å². The Morgan fingerprint density at radius 1 is 0.938 bits per heavy atom. The van der Waals surface area contributed by atoms with Gasteiger partial charge in [0.1, 0.15) is 0 Å². The summed E-state index contributed by atoms with van der Waals surface area (Å²) in [5, 5.41) is 0.700. The van der Waals surface area contributed by atoms with Crippen molar-refractivity contribution in [3.8, 4) is 0 Å². The molecule has 96 valence electrons. The normalized spacial score (nSPS) is 19.9. The van der Waals surface area contributed by atoms with Crippen molar-refractivity contribution in [3.63, 3.8) is 0 Å². The molecule has 1 unspecified atom stereocenters. The first-order valence-electron chi connectivity index (χ1n) is 7.52. The van der Waals surface area contributed by atoms with Crippen LogP contribution >= 0.6 is 12.6 Å². The molecule has 0 bridgehead atoms. The zero-order chi connectivity index (χ0) is 11.6. The average Bonchev–Trinajstić information content (AvgIpc) is 2.34. The van der Waals surface area contributed by atoms with Crippen LogP contribution in [-0.2, 0) is 0 Å². The lowest BCUT2D eigenvalue weighted by atomic mass is 9.85. The van der Waals surface area contributed by atoms with Crippen LogP contribution in [0.5, 0.6) is 0 Å². The Morgan fingerprint density at radius 3 is 2.25 bits per heavy atom. The highest BCUT2D eigenvalue weighted by Crippen LogP contribution is 2.31. The van der Waals surface area contributed by atoms with Crippen molar-refractivity contribution in [1.82, 2.24) is 0 Å². The van der Waals surface area contributed by atoms with Crippen molar-refractivity contribution < 1.29 is 0 Å². The average molecular weight is 242 g/mol. The molecule has 0 aliphatic heterocycles. The maximum atomic E-state index is 4.82. The fraction of sp³-hybridized carbons (Fsp3) is 1.00. The minimum absolute atomic E-state index is 0.700. The molecule has 0 nitrogen and oxygen atoms in total. The van der Waals surface area contributed by atoms with Gasteiger partial charge in [0.15, 0.2) is 0 Å². The minimum atomic E-state index is 0.700. The van der Waals surface area contributed by atoms with E-state index in [9.17, 15) is 0 Å². The number of thiol groups is 1. The van der Waals surface area contributed by atoms with E-state index < -0.39 is 0 Å². The highest BCUT2D eigenvalue weighted by molar-refractivity contribution is 7.81. The summed E-state index contributed by atoms with van der Waals surface area (Å²) in [5.41, 5.74) is 0. The molecule has 1 aliphatic carbocycles. The molecule has 0 amide bonds. The lowest BCUT2D eigenvalue weighted by molar-refractivity contribution is 0.338. The van der Waals surface area contributed by atoms with E-state index in [4.69, 9.17) is 12.6 Å². The van der Waals surface area contributed by atoms with E-state index >= 15 is 0 Å². The van der Waals surface area contributed by atoms with Gasteiger partial charge in [0.05, 0.1) is 0 Å². The van der Waals surface area contributed by atoms with Crippen LogP contribution in [0.4, 0.5) is 0 Å². The van der Waals surface area contributed by atoms with E-state index in [0.717, 1.165) is 5.92 Å². The van der Waals surface area contributed by atoms with E-state index in [1.165, 1.54) is 77.0 Å². The van der Waals surface area contributed by atoms with Gasteiger partial charge in [0, 0.05) is 5.25 Å². The van der Waals surface area contributed by atoms with Crippen molar-refractivity contribution in [2.75, 3.05) is 0 Å². The summed E-state index contributed by atoms with van der Waals surface area (Å²) in [6.07, 6.45) is 17.1. The first-order chi connectivity index (χ1) is 7.84. The second-order valence-electron chi connectivity index (χ2n) is 5.52. The SMILES string of the molecule is CCCCCCCCC(S)C1CCCCC1. The molecule has 16 heavy (non-hydrogen) atoms. The molecule has 0 radical (unpaired) electrons. The van der Waals surface area contributed by atoms with E-state index in [2.05, 4.69) is 6.92 Å². The summed E-state index contributed by atoms with van der Waals surface area (Å²) in [6.45, 7) is 2.28. The molecule has 1 atom stereocenters. The Hall–Kier alpha value is 0.350. The second kappa shape index (κ2) is 9.39. The first kappa shape index (κ1) is 14.4. The van der Waals surface area contributed by atoms with E-state index in [0.29, 0.717) is 5.25 Å². The summed E-state index contributed by atoms with van der Waals surface area (Å²) >= 11 is 4.82. The van der Waals surface area contributed by atoms with Crippen LogP contribution in [0.1, 0.15) is 84.0 Å². The van der Waals surface area contributed by atoms with Crippen molar-refractivity contribution in [1.29, 1.82) is 0 Å². The number of rotatable bonds is 8. The molecule has 1 rings (SSSR count). The molecule has 0 aromatic heterocycles. The summed E-state index contributed by atoms with van der Waals surface area (Å²) in [4.78, 5) is 0. The van der Waals surface area contributed by atoms with Gasteiger partial charge in [-0.15, -0.1) is 0 Å². The zero-order valence-corrected chi connectivity index (χ0v) is 12.0. The Bertz CT molecular complexity index is 150. The van der Waals surface area contributed by atoms with Gasteiger partial charge < -0.3 is 0 Å². The minimum Gasteiger partial charge on any atom is -0.176 e. The Morgan fingerprint density at radius 2 is 1.56 bits per heavy atom. The third kappa shape index (κ3) is 6.18. The molecule has 0 aromatic rings. The van der Waals surface area contributed by atoms with Crippen LogP contribution in [-0.4, -0.2) is 5.25 Å². The predicted molar refractivity (Wildman–Crippen MR) is 77.3 cm³/mol. The van der Waals surface area contributed by atoms with Gasteiger partial charge in [-0.2, -0.15) is 12.6 Å². The molecule has 0 heterocycles. The van der Waals surface area contributed by atoms with Gasteiger partial charge >= 0.3 is 0 Å². The van der Waals surface area contributed by atoms with Gasteiger partial charge in [-0.1, -0.05) is 64.7 Å². The molecule has 1 saturated carbocycles. The number of hydrogen-bond donors (Lipinski definition) is 1. The lowest BCUT2D eigenvalue weighted by Crippen LogP contribution is -2.18. The van der Waals surface area contributed by atoms with Gasteiger partial charge in [0.25, 0.3) is 0 Å². The van der Waals surface area contributed by atoms with Crippen LogP contribution in [0.25, 0.3) is 0 Å². The Balaban J connectivity index is 1.94. The van der Waals surface area contributed by atoms with Gasteiger partial charge in [0.2, 0.25) is 0 Å². The second-order valence-corrected chi connectivity index (χ2v) is 6.19. The Labute approximate surface area is 108 Å². The topological polar surface area (TPSA) is 0 Å². The number of hydrogen-bond acceptors (Lipinski definition) is 1. The third-order valence-corrected chi connectivity index (χ3v) is 4.73. The Kier molecular flexibility index (Phi) is 8.46. The molecule has 0 aromatic carbocycles. The fourth-order valence-electron chi connectivity index (χ4n) is 2.89. The molecule has 0 saturated heterocycles. The maximum Gasteiger partial charge on any atom is 0.00450 e. The van der Waals surface area contributed by atoms with Crippen molar-refractivity contribution in [2.45, 2.75) is 89.2 Å². The van der Waals surface area contributed by atoms with Gasteiger partial charge in [-0.05, 0) is 25.2 Å². The summed E-state index contributed by atoms with van der Waals surface area (Å²) < 4.78 is 0. The van der Waals surface area contributed by atoms with E-state index in [-0.39, 0.29) is 0 Å². The lowest BCUT2D eigenvalue weighted by Gasteiger charge is -2.26. The molecule has 1 heteroatoms. The predicted octanol–water partition coefficient (Wildman–Crippen LogP) is 5.62. The molecule has 1 fully saturated rings. The monoisotopic (exact) mass is 242 g/mol. The van der Waals surface area contributed by atoms with Crippen LogP contribution in [0.2, 0.25) is 0 Å². The largest absolute Gasteiger partial charge is 0.176 e. The van der Waals surface area contributed by atoms with Gasteiger partial charge in [-0.25, -0.2) is 0 Å². The van der Waals surface area contributed by atoms with Crippen LogP contribution in [0, 0.1) is 5.92 Å². The standard InChI is InChI=1S/C15H30S/c1-2-3-4-5-6-10-13-15(16)14-11-8-7-9-12-14/h14-16H,2-13H2,1H3. The van der Waals surface area contributed by atoms with E-state index in [1.807, 2.05) is 0 Å². The van der Waals surface area contributed by atoms with Crippen molar-refractivity contribution in [2.24, 2.45) is 5.92 Å². The molecular weight excluding hydrogens is 212 g/mol. The third-order valence-electron chi connectivity index (χ3n) is 4.05. The summed E-state index contributed by atoms with van der Waals surface area (Å²) in [5.74, 6) is 0.938. The van der Waals surface area contributed by atoms with Crippen molar-refractivity contribution >= 4 is 12.6 Å². The molecule has 0 spiro atoms. The van der Waals surface area contributed by atoms with Crippen molar-refractivity contribution in [3.05, 3.63) is 0 Å². The molecule has 1 aliphatic rings. The van der Waals surface area contributed by atoms with E-state index in [1.54, 1.807) is 0 Å². The smallest absolute Gasteiger partial charge is 0.00450 e. The van der Waals surface area contributed by atoms with Gasteiger partial charge in [-0.3, -0.25) is 0 Å². The highest BCUT2D eigenvalue weighted by atomic mass is 32.1. The highest BCUT2D eigenvalue weighted by Gasteiger charge is 2.19. The molecular formula is C15H30S. The summed E-state index contributed by atoms with van der Waals surface area (Å²) in [6, 6.07) is 0. The first-order valence-corrected chi connectivity index (χ1v) is 8.04. The maximum absolute atomic E-state index is 4.82. The van der Waals surface area contributed by atoms with Crippen LogP contribution in [0.3, 0.4) is 0 Å². The quantitative estimate of drug-likeness (QED) is 0.415. The fourth-order valence-corrected chi connectivity index (χ4v) is 3.37. The number of unbranched alkanes of at least 4 members (excludes halogenated alkanes) is 5. The summed E-state index contributed by atoms with van der Waals surface area (Å²) in [7, 11) is 0. The van der Waals surface area contributed by atoms with Crippen LogP contribution in [0.15, 0.2) is 0 Å². The molecule has 0 N–H and O–H groups in total. The zero-order valence-electron chi connectivity index (χ0n) is 11.1.